The van der Waals surface area contributed by atoms with Crippen molar-refractivity contribution in [3.63, 3.8) is 0 Å². The third-order valence-corrected chi connectivity index (χ3v) is 5.67. The molecule has 2 saturated carbocycles. The van der Waals surface area contributed by atoms with Crippen LogP contribution < -0.4 is 10.0 Å². The Morgan fingerprint density at radius 1 is 1.10 bits per heavy atom. The molecule has 116 valence electrons. The molecule has 0 unspecified atom stereocenters. The molecule has 0 saturated heterocycles. The van der Waals surface area contributed by atoms with Gasteiger partial charge in [0, 0.05) is 18.6 Å². The lowest BCUT2D eigenvalue weighted by molar-refractivity contribution is 0.536. The smallest absolute Gasteiger partial charge is 0.243 e. The van der Waals surface area contributed by atoms with Crippen LogP contribution in [-0.4, -0.2) is 20.5 Å². The first-order valence-electron chi connectivity index (χ1n) is 7.59. The molecule has 3 rings (SSSR count). The predicted molar refractivity (Wildman–Crippen MR) is 78.8 cm³/mol. The second-order valence-electron chi connectivity index (χ2n) is 6.02. The lowest BCUT2D eigenvalue weighted by Crippen LogP contribution is -2.33. The van der Waals surface area contributed by atoms with Crippen molar-refractivity contribution >= 4 is 10.0 Å². The van der Waals surface area contributed by atoms with Gasteiger partial charge in [0.1, 0.15) is 10.7 Å². The fraction of sp³-hybridized carbons (Fsp3) is 0.600. The van der Waals surface area contributed by atoms with Crippen LogP contribution >= 0.6 is 0 Å². The monoisotopic (exact) mass is 312 g/mol. The Morgan fingerprint density at radius 3 is 2.48 bits per heavy atom. The molecule has 2 aliphatic carbocycles. The molecule has 2 aliphatic rings. The molecule has 0 aromatic heterocycles. The van der Waals surface area contributed by atoms with Gasteiger partial charge >= 0.3 is 0 Å². The van der Waals surface area contributed by atoms with E-state index < -0.39 is 15.8 Å². The highest BCUT2D eigenvalue weighted by molar-refractivity contribution is 7.89. The number of hydrogen-bond acceptors (Lipinski definition) is 3. The zero-order chi connectivity index (χ0) is 14.9. The van der Waals surface area contributed by atoms with E-state index in [0.717, 1.165) is 44.1 Å². The third-order valence-electron chi connectivity index (χ3n) is 4.13. The minimum absolute atomic E-state index is 0.0531. The largest absolute Gasteiger partial charge is 0.310 e. The van der Waals surface area contributed by atoms with Gasteiger partial charge in [-0.3, -0.25) is 0 Å². The van der Waals surface area contributed by atoms with Crippen LogP contribution in [0, 0.1) is 5.82 Å². The molecule has 1 aromatic carbocycles. The molecule has 0 amide bonds. The third kappa shape index (κ3) is 3.81. The summed E-state index contributed by atoms with van der Waals surface area (Å²) in [5, 5.41) is 3.31. The van der Waals surface area contributed by atoms with Gasteiger partial charge in [-0.25, -0.2) is 17.5 Å². The lowest BCUT2D eigenvalue weighted by Gasteiger charge is -2.14. The van der Waals surface area contributed by atoms with Crippen molar-refractivity contribution in [3.8, 4) is 0 Å². The van der Waals surface area contributed by atoms with Crippen molar-refractivity contribution in [1.29, 1.82) is 0 Å². The summed E-state index contributed by atoms with van der Waals surface area (Å²) in [6, 6.07) is 4.81. The molecule has 0 spiro atoms. The van der Waals surface area contributed by atoms with E-state index in [-0.39, 0.29) is 10.9 Å². The molecule has 4 nitrogen and oxygen atoms in total. The fourth-order valence-corrected chi connectivity index (χ4v) is 4.17. The fourth-order valence-electron chi connectivity index (χ4n) is 2.74. The van der Waals surface area contributed by atoms with Gasteiger partial charge in [-0.1, -0.05) is 18.9 Å². The van der Waals surface area contributed by atoms with Crippen LogP contribution in [0.2, 0.25) is 0 Å². The summed E-state index contributed by atoms with van der Waals surface area (Å²) < 4.78 is 41.2. The molecule has 0 atom stereocenters. The minimum Gasteiger partial charge on any atom is -0.310 e. The standard InChI is InChI=1S/C15H21FN2O2S/c16-14-8-5-11(10-17-12-6-7-12)9-15(14)21(19,20)18-13-3-1-2-4-13/h5,8-9,12-13,17-18H,1-4,6-7,10H2. The first-order chi connectivity index (χ1) is 10.0. The van der Waals surface area contributed by atoms with Gasteiger partial charge in [-0.15, -0.1) is 0 Å². The molecular formula is C15H21FN2O2S. The van der Waals surface area contributed by atoms with Crippen molar-refractivity contribution in [2.75, 3.05) is 0 Å². The second-order valence-corrected chi connectivity index (χ2v) is 7.71. The van der Waals surface area contributed by atoms with Gasteiger partial charge in [-0.05, 0) is 43.4 Å². The van der Waals surface area contributed by atoms with E-state index in [4.69, 9.17) is 0 Å². The molecule has 21 heavy (non-hydrogen) atoms. The first kappa shape index (κ1) is 14.9. The maximum atomic E-state index is 13.9. The zero-order valence-corrected chi connectivity index (χ0v) is 12.8. The Hall–Kier alpha value is -0.980. The maximum Gasteiger partial charge on any atom is 0.243 e. The summed E-state index contributed by atoms with van der Waals surface area (Å²) in [4.78, 5) is -0.232. The molecule has 0 aliphatic heterocycles. The Labute approximate surface area is 125 Å². The van der Waals surface area contributed by atoms with Crippen molar-refractivity contribution < 1.29 is 12.8 Å². The maximum absolute atomic E-state index is 13.9. The second kappa shape index (κ2) is 6.02. The number of sulfonamides is 1. The lowest BCUT2D eigenvalue weighted by atomic mass is 10.2. The zero-order valence-electron chi connectivity index (χ0n) is 11.9. The van der Waals surface area contributed by atoms with Crippen LogP contribution in [0.5, 0.6) is 0 Å². The van der Waals surface area contributed by atoms with Crippen LogP contribution in [-0.2, 0) is 16.6 Å². The summed E-state index contributed by atoms with van der Waals surface area (Å²) in [5.41, 5.74) is 0.801. The number of rotatable bonds is 6. The average molecular weight is 312 g/mol. The minimum atomic E-state index is -3.77. The van der Waals surface area contributed by atoms with Gasteiger partial charge in [-0.2, -0.15) is 0 Å². The molecule has 0 bridgehead atoms. The van der Waals surface area contributed by atoms with E-state index >= 15 is 0 Å². The number of nitrogens with one attached hydrogen (secondary N) is 2. The van der Waals surface area contributed by atoms with Gasteiger partial charge < -0.3 is 5.32 Å². The van der Waals surface area contributed by atoms with Crippen molar-refractivity contribution in [2.24, 2.45) is 0 Å². The Morgan fingerprint density at radius 2 is 1.81 bits per heavy atom. The van der Waals surface area contributed by atoms with Crippen LogP contribution in [0.1, 0.15) is 44.1 Å². The van der Waals surface area contributed by atoms with Gasteiger partial charge in [0.05, 0.1) is 0 Å². The van der Waals surface area contributed by atoms with E-state index in [1.165, 1.54) is 12.1 Å². The Balaban J connectivity index is 1.76. The average Bonchev–Trinajstić information content (AvgIpc) is 3.14. The summed E-state index contributed by atoms with van der Waals surface area (Å²) in [7, 11) is -3.77. The number of benzene rings is 1. The van der Waals surface area contributed by atoms with E-state index in [1.54, 1.807) is 6.07 Å². The van der Waals surface area contributed by atoms with Gasteiger partial charge in [0.2, 0.25) is 10.0 Å². The van der Waals surface area contributed by atoms with E-state index in [1.807, 2.05) is 0 Å². The van der Waals surface area contributed by atoms with Crippen molar-refractivity contribution in [3.05, 3.63) is 29.6 Å². The van der Waals surface area contributed by atoms with Gasteiger partial charge in [0.15, 0.2) is 0 Å². The normalized spacial score (nSPS) is 20.0. The summed E-state index contributed by atoms with van der Waals surface area (Å²) >= 11 is 0. The van der Waals surface area contributed by atoms with Crippen molar-refractivity contribution in [1.82, 2.24) is 10.0 Å². The Kier molecular flexibility index (Phi) is 4.28. The topological polar surface area (TPSA) is 58.2 Å². The van der Waals surface area contributed by atoms with Gasteiger partial charge in [0.25, 0.3) is 0 Å². The number of hydrogen-bond donors (Lipinski definition) is 2. The van der Waals surface area contributed by atoms with E-state index in [0.29, 0.717) is 12.6 Å². The van der Waals surface area contributed by atoms with Crippen LogP contribution in [0.4, 0.5) is 4.39 Å². The SMILES string of the molecule is O=S(=O)(NC1CCCC1)c1cc(CNC2CC2)ccc1F. The molecule has 1 aromatic rings. The molecule has 0 radical (unpaired) electrons. The molecule has 2 N–H and O–H groups in total. The molecule has 0 heterocycles. The highest BCUT2D eigenvalue weighted by atomic mass is 32.2. The van der Waals surface area contributed by atoms with E-state index in [2.05, 4.69) is 10.0 Å². The molecule has 2 fully saturated rings. The van der Waals surface area contributed by atoms with Crippen molar-refractivity contribution in [2.45, 2.75) is 62.0 Å². The highest BCUT2D eigenvalue weighted by Gasteiger charge is 2.26. The van der Waals surface area contributed by atoms with Crippen LogP contribution in [0.15, 0.2) is 23.1 Å². The van der Waals surface area contributed by atoms with Crippen LogP contribution in [0.3, 0.4) is 0 Å². The first-order valence-corrected chi connectivity index (χ1v) is 9.07. The predicted octanol–water partition coefficient (Wildman–Crippen LogP) is 2.30. The quantitative estimate of drug-likeness (QED) is 0.847. The molecule has 6 heteroatoms. The van der Waals surface area contributed by atoms with E-state index in [9.17, 15) is 12.8 Å². The molecular weight excluding hydrogens is 291 g/mol. The number of halogens is 1. The Bertz CT molecular complexity index is 608. The summed E-state index contributed by atoms with van der Waals surface area (Å²) in [6.45, 7) is 0.580. The van der Waals surface area contributed by atoms with Crippen LogP contribution in [0.25, 0.3) is 0 Å². The highest BCUT2D eigenvalue weighted by Crippen LogP contribution is 2.23. The summed E-state index contributed by atoms with van der Waals surface area (Å²) in [6.07, 6.45) is 6.06. The summed E-state index contributed by atoms with van der Waals surface area (Å²) in [5.74, 6) is -0.685.